The molecule has 16 nitrogen and oxygen atoms in total. The molecule has 5 rings (SSSR count). The van der Waals surface area contributed by atoms with Gasteiger partial charge in [0.25, 0.3) is 11.7 Å². The topological polar surface area (TPSA) is 214 Å². The Morgan fingerprint density at radius 2 is 1.64 bits per heavy atom. The van der Waals surface area contributed by atoms with E-state index >= 15 is 0 Å². The molecule has 73 heavy (non-hydrogen) atoms. The van der Waals surface area contributed by atoms with Crippen molar-refractivity contribution < 1.29 is 72.5 Å². The normalized spacial score (nSPS) is 38.4. The second-order valence-electron chi connectivity index (χ2n) is 21.6. The first-order chi connectivity index (χ1) is 34.8. The number of methoxy groups -OCH3 is 2. The number of fused-ring (bicyclic) bond motifs is 3. The Bertz CT molecular complexity index is 1980. The van der Waals surface area contributed by atoms with Gasteiger partial charge >= 0.3 is 5.97 Å². The van der Waals surface area contributed by atoms with E-state index in [0.29, 0.717) is 83.2 Å². The average Bonchev–Trinajstić information content (AvgIpc) is 3.36. The predicted octanol–water partition coefficient (Wildman–Crippen LogP) is 6.38. The zero-order chi connectivity index (χ0) is 53.4. The fraction of sp³-hybridized carbons (Fsp3) is 0.737. The van der Waals surface area contributed by atoms with E-state index < -0.39 is 77.8 Å². The van der Waals surface area contributed by atoms with E-state index in [4.69, 9.17) is 33.2 Å². The van der Waals surface area contributed by atoms with Crippen LogP contribution in [0, 0.1) is 41.4 Å². The third kappa shape index (κ3) is 16.4. The molecule has 1 saturated carbocycles. The number of allylic oxidation sites excluding steroid dienone is 7. The maximum Gasteiger partial charge on any atom is 0.329 e. The van der Waals surface area contributed by atoms with Crippen LogP contribution in [-0.4, -0.2) is 158 Å². The molecule has 1 aliphatic carbocycles. The lowest BCUT2D eigenvalue weighted by atomic mass is 9.78. The molecule has 4 aliphatic heterocycles. The number of piperidine rings is 1. The van der Waals surface area contributed by atoms with Gasteiger partial charge in [-0.05, 0) is 107 Å². The van der Waals surface area contributed by atoms with E-state index in [9.17, 15) is 39.3 Å². The van der Waals surface area contributed by atoms with Gasteiger partial charge in [-0.25, -0.2) is 4.79 Å². The van der Waals surface area contributed by atoms with Crippen LogP contribution < -0.4 is 0 Å². The molecule has 2 bridgehead atoms. The summed E-state index contributed by atoms with van der Waals surface area (Å²) in [4.78, 5) is 72.8. The van der Waals surface area contributed by atoms with Gasteiger partial charge < -0.3 is 53.4 Å². The molecular formula is C57H87NO15. The van der Waals surface area contributed by atoms with Crippen LogP contribution in [0.15, 0.2) is 60.3 Å². The van der Waals surface area contributed by atoms with Crippen LogP contribution in [0.2, 0.25) is 0 Å². The molecule has 410 valence electrons. The van der Waals surface area contributed by atoms with Crippen molar-refractivity contribution in [2.45, 2.75) is 173 Å². The first-order valence-electron chi connectivity index (χ1n) is 26.9. The lowest BCUT2D eigenvalue weighted by Gasteiger charge is -2.43. The van der Waals surface area contributed by atoms with Crippen molar-refractivity contribution >= 4 is 29.2 Å². The molecule has 16 heteroatoms. The molecule has 3 N–H and O–H groups in total. The van der Waals surface area contributed by atoms with Crippen molar-refractivity contribution in [2.75, 3.05) is 53.8 Å². The summed E-state index contributed by atoms with van der Waals surface area (Å²) in [5.74, 6) is -8.16. The number of esters is 1. The molecular weight excluding hydrogens is 939 g/mol. The fourth-order valence-corrected chi connectivity index (χ4v) is 11.0. The minimum absolute atomic E-state index is 0.0757. The van der Waals surface area contributed by atoms with Gasteiger partial charge in [0.2, 0.25) is 5.79 Å². The molecule has 4 heterocycles. The summed E-state index contributed by atoms with van der Waals surface area (Å²) in [7, 11) is 3.00. The van der Waals surface area contributed by atoms with Crippen molar-refractivity contribution in [1.82, 2.24) is 4.90 Å². The van der Waals surface area contributed by atoms with Gasteiger partial charge in [-0.15, -0.1) is 6.58 Å². The quantitative estimate of drug-likeness (QED) is 0.110. The van der Waals surface area contributed by atoms with E-state index in [1.807, 2.05) is 44.2 Å². The van der Waals surface area contributed by atoms with Crippen molar-refractivity contribution in [3.8, 4) is 0 Å². The number of amides is 1. The highest BCUT2D eigenvalue weighted by atomic mass is 16.6. The Kier molecular flexibility index (Phi) is 23.9. The minimum Gasteiger partial charge on any atom is -0.460 e. The third-order valence-electron chi connectivity index (χ3n) is 16.0. The van der Waals surface area contributed by atoms with Gasteiger partial charge in [0, 0.05) is 57.3 Å². The summed E-state index contributed by atoms with van der Waals surface area (Å²) in [6.07, 6.45) is 13.3. The highest BCUT2D eigenvalue weighted by molar-refractivity contribution is 6.39. The minimum atomic E-state index is -2.46. The number of Topliss-reactive ketones (excluding diaryl/α,β-unsaturated/α-hetero) is 3. The molecule has 5 aliphatic rings. The number of aliphatic hydroxyl groups excluding tert-OH is 2. The second-order valence-corrected chi connectivity index (χ2v) is 21.6. The first kappa shape index (κ1) is 60.2. The Hall–Kier alpha value is -3.71. The summed E-state index contributed by atoms with van der Waals surface area (Å²) in [6, 6.07) is -1.16. The summed E-state index contributed by atoms with van der Waals surface area (Å²) in [5, 5.41) is 33.1. The van der Waals surface area contributed by atoms with E-state index in [0.717, 1.165) is 12.0 Å². The third-order valence-corrected chi connectivity index (χ3v) is 16.0. The van der Waals surface area contributed by atoms with Crippen LogP contribution in [0.3, 0.4) is 0 Å². The van der Waals surface area contributed by atoms with Gasteiger partial charge in [0.05, 0.1) is 57.5 Å². The molecule has 0 aromatic carbocycles. The van der Waals surface area contributed by atoms with Crippen LogP contribution in [0.25, 0.3) is 0 Å². The summed E-state index contributed by atoms with van der Waals surface area (Å²) in [5.41, 5.74) is 1.25. The number of nitrogens with zero attached hydrogens (tertiary/aromatic N) is 1. The van der Waals surface area contributed by atoms with Gasteiger partial charge in [0.1, 0.15) is 30.1 Å². The van der Waals surface area contributed by atoms with Crippen LogP contribution >= 0.6 is 0 Å². The number of hydrogen-bond acceptors (Lipinski definition) is 15. The number of cyclic esters (lactones) is 1. The predicted molar refractivity (Wildman–Crippen MR) is 274 cm³/mol. The zero-order valence-corrected chi connectivity index (χ0v) is 44.8. The Morgan fingerprint density at radius 3 is 2.32 bits per heavy atom. The van der Waals surface area contributed by atoms with Crippen LogP contribution in [-0.2, 0) is 57.1 Å². The van der Waals surface area contributed by atoms with E-state index in [1.54, 1.807) is 47.0 Å². The molecule has 0 radical (unpaired) electrons. The van der Waals surface area contributed by atoms with Crippen molar-refractivity contribution in [3.05, 3.63) is 60.3 Å². The van der Waals surface area contributed by atoms with Crippen LogP contribution in [0.4, 0.5) is 0 Å². The molecule has 0 aromatic rings. The molecule has 0 spiro atoms. The molecule has 1 amide bonds. The van der Waals surface area contributed by atoms with E-state index in [2.05, 4.69) is 6.58 Å². The van der Waals surface area contributed by atoms with Gasteiger partial charge in [-0.3, -0.25) is 19.2 Å². The van der Waals surface area contributed by atoms with Crippen LogP contribution in [0.1, 0.15) is 119 Å². The smallest absolute Gasteiger partial charge is 0.329 e. The summed E-state index contributed by atoms with van der Waals surface area (Å²) < 4.78 is 41.8. The SMILES string of the molecule is C=C[C@@H]1/C=C/C=C/C=C(\C)C(OCC2COC2)C[C@@H]2CC[C@@H](C)[C@@](O)(O2)C(=O)C(=O)N2CCCCC2C(=O)O[C@H]([C@H](C)C[C@@H]2CC[C@@H](OCCO)[C@H](OC)C2)CC(=O)[C@H](C)/C=C(\C)[C@@H](O)[C@@H](OC)C(=O)[C@H](C)C1. The van der Waals surface area contributed by atoms with Crippen molar-refractivity contribution in [2.24, 2.45) is 41.4 Å². The number of hydrogen-bond donors (Lipinski definition) is 3. The van der Waals surface area contributed by atoms with Gasteiger partial charge in [-0.1, -0.05) is 70.2 Å². The molecule has 4 fully saturated rings. The highest BCUT2D eigenvalue weighted by Crippen LogP contribution is 2.38. The lowest BCUT2D eigenvalue weighted by molar-refractivity contribution is -0.266. The summed E-state index contributed by atoms with van der Waals surface area (Å²) in [6.45, 7) is 16.5. The number of ketones is 3. The van der Waals surface area contributed by atoms with Crippen LogP contribution in [0.5, 0.6) is 0 Å². The number of carbonyl (C=O) groups excluding carboxylic acids is 5. The van der Waals surface area contributed by atoms with Gasteiger partial charge in [0.15, 0.2) is 5.78 Å². The van der Waals surface area contributed by atoms with Crippen molar-refractivity contribution in [1.29, 1.82) is 0 Å². The molecule has 3 saturated heterocycles. The highest BCUT2D eigenvalue weighted by Gasteiger charge is 2.53. The number of rotatable bonds is 12. The fourth-order valence-electron chi connectivity index (χ4n) is 11.0. The zero-order valence-electron chi connectivity index (χ0n) is 44.8. The number of ether oxygens (including phenoxy) is 7. The summed E-state index contributed by atoms with van der Waals surface area (Å²) >= 11 is 0. The standard InChI is InChI=1S/C57H87NO15/c1-10-41-17-13-11-12-16-35(2)48(71-34-43-32-69-33-43)30-44-21-19-40(7)57(66,73-44)54(63)55(64)58-23-15-14-18-45(58)56(65)72-49(37(4)27-42-20-22-47(70-25-24-59)50(29-42)67-8)31-46(60)36(3)26-38(5)51(61)53(68-9)52(62)39(6)28-41/h10-13,16-17,26,36-37,39-45,47-51,53,59,61,66H,1,14-15,18-25,27-34H2,2-9H3/b12-11+,17-13+,35-16+,38-26+/t36-,37-,39-,40-,41-,42+,44+,45?,47-,48?,49+,50-,51-,53-,57-/m1/s1. The largest absolute Gasteiger partial charge is 0.460 e. The second kappa shape index (κ2) is 29.0. The first-order valence-corrected chi connectivity index (χ1v) is 26.9. The maximum absolute atomic E-state index is 14.6. The van der Waals surface area contributed by atoms with Crippen molar-refractivity contribution in [3.63, 3.8) is 0 Å². The van der Waals surface area contributed by atoms with E-state index in [-0.39, 0.29) is 80.0 Å². The number of aliphatic hydroxyl groups is 3. The molecule has 15 atom stereocenters. The average molecular weight is 1030 g/mol. The number of carbonyl (C=O) groups is 5. The lowest BCUT2D eigenvalue weighted by Crippen LogP contribution is -2.61. The van der Waals surface area contributed by atoms with Gasteiger partial charge in [-0.2, -0.15) is 0 Å². The Morgan fingerprint density at radius 1 is 0.890 bits per heavy atom. The van der Waals surface area contributed by atoms with E-state index in [1.165, 1.54) is 12.0 Å². The molecule has 0 aromatic heterocycles. The maximum atomic E-state index is 14.6. The monoisotopic (exact) mass is 1030 g/mol. The Balaban J connectivity index is 1.48. The Labute approximate surface area is 433 Å². The molecule has 2 unspecified atom stereocenters.